The molecule has 38 heavy (non-hydrogen) atoms. The number of carbonyl (C=O) groups excluding carboxylic acids is 1. The molecule has 0 fully saturated rings. The number of halogens is 2. The summed E-state index contributed by atoms with van der Waals surface area (Å²) in [7, 11) is -3.95. The van der Waals surface area contributed by atoms with Crippen molar-refractivity contribution in [1.82, 2.24) is 19.8 Å². The fraction of sp³-hybridized carbons (Fsp3) is 0.185. The molecule has 1 heterocycles. The van der Waals surface area contributed by atoms with E-state index in [1.54, 1.807) is 23.7 Å². The summed E-state index contributed by atoms with van der Waals surface area (Å²) in [6.45, 7) is 5.68. The van der Waals surface area contributed by atoms with E-state index in [9.17, 15) is 22.0 Å². The average molecular weight is 548 g/mol. The Hall–Kier alpha value is -3.05. The second kappa shape index (κ2) is 12.2. The quantitative estimate of drug-likeness (QED) is 0.346. The maximum absolute atomic E-state index is 13.7. The number of benzene rings is 3. The molecular formula is C27H26F2N4NaO3S+. The molecule has 0 aliphatic rings. The van der Waals surface area contributed by atoms with Crippen molar-refractivity contribution in [3.63, 3.8) is 0 Å². The molecule has 11 heteroatoms. The predicted octanol–water partition coefficient (Wildman–Crippen LogP) is 1.98. The first-order chi connectivity index (χ1) is 17.5. The molecule has 0 bridgehead atoms. The van der Waals surface area contributed by atoms with Crippen molar-refractivity contribution >= 4 is 16.1 Å². The zero-order valence-corrected chi connectivity index (χ0v) is 24.4. The maximum Gasteiger partial charge on any atom is 1.00 e. The summed E-state index contributed by atoms with van der Waals surface area (Å²) >= 11 is 0. The van der Waals surface area contributed by atoms with Crippen molar-refractivity contribution in [2.45, 2.75) is 32.1 Å². The van der Waals surface area contributed by atoms with Crippen molar-refractivity contribution < 1.29 is 51.6 Å². The van der Waals surface area contributed by atoms with Crippen LogP contribution >= 0.6 is 0 Å². The van der Waals surface area contributed by atoms with Crippen LogP contribution in [0.1, 0.15) is 22.5 Å². The van der Waals surface area contributed by atoms with E-state index in [1.165, 1.54) is 24.3 Å². The maximum atomic E-state index is 13.7. The first-order valence-electron chi connectivity index (χ1n) is 11.5. The van der Waals surface area contributed by atoms with Crippen LogP contribution in [0.3, 0.4) is 0 Å². The van der Waals surface area contributed by atoms with E-state index in [-0.39, 0.29) is 41.0 Å². The topological polar surface area (TPSA) is 93.1 Å². The van der Waals surface area contributed by atoms with E-state index >= 15 is 0 Å². The molecule has 4 rings (SSSR count). The molecule has 2 N–H and O–H groups in total. The third-order valence-electron chi connectivity index (χ3n) is 5.88. The van der Waals surface area contributed by atoms with Crippen LogP contribution in [0.2, 0.25) is 0 Å². The van der Waals surface area contributed by atoms with Crippen LogP contribution in [-0.4, -0.2) is 30.8 Å². The van der Waals surface area contributed by atoms with Gasteiger partial charge in [-0.3, -0.25) is 0 Å². The van der Waals surface area contributed by atoms with Crippen LogP contribution in [0.15, 0.2) is 71.6 Å². The molecule has 0 atom stereocenters. The number of aromatic nitrogens is 2. The minimum atomic E-state index is -3.95. The van der Waals surface area contributed by atoms with Gasteiger partial charge < -0.3 is 5.32 Å². The fourth-order valence-corrected chi connectivity index (χ4v) is 5.00. The SMILES string of the molecule is Cc1ccc(S(=O)(=O)NC(=O)NCCc2ccc(-n3nc(C)c(-c4cc(F)cc(F)c4)c3C)cc2)cc1.[Na+]. The minimum absolute atomic E-state index is 0. The molecule has 0 saturated heterocycles. The van der Waals surface area contributed by atoms with E-state index in [2.05, 4.69) is 10.4 Å². The van der Waals surface area contributed by atoms with Gasteiger partial charge >= 0.3 is 35.6 Å². The fourth-order valence-electron chi connectivity index (χ4n) is 4.07. The average Bonchev–Trinajstić information content (AvgIpc) is 3.12. The summed E-state index contributed by atoms with van der Waals surface area (Å²) in [4.78, 5) is 12.1. The van der Waals surface area contributed by atoms with Gasteiger partial charge in [0.15, 0.2) is 0 Å². The van der Waals surface area contributed by atoms with Crippen molar-refractivity contribution in [3.05, 3.63) is 101 Å². The predicted molar refractivity (Wildman–Crippen MR) is 137 cm³/mol. The molecule has 7 nitrogen and oxygen atoms in total. The van der Waals surface area contributed by atoms with Gasteiger partial charge in [-0.15, -0.1) is 0 Å². The van der Waals surface area contributed by atoms with Crippen LogP contribution in [0, 0.1) is 32.4 Å². The van der Waals surface area contributed by atoms with Gasteiger partial charge in [0.1, 0.15) is 11.6 Å². The van der Waals surface area contributed by atoms with Crippen LogP contribution in [0.25, 0.3) is 16.8 Å². The Morgan fingerprint density at radius 2 is 1.53 bits per heavy atom. The molecule has 2 amide bonds. The smallest absolute Gasteiger partial charge is 0.337 e. The molecule has 0 radical (unpaired) electrons. The van der Waals surface area contributed by atoms with E-state index in [1.807, 2.05) is 42.8 Å². The minimum Gasteiger partial charge on any atom is -0.337 e. The second-order valence-corrected chi connectivity index (χ2v) is 10.4. The van der Waals surface area contributed by atoms with Gasteiger partial charge in [-0.2, -0.15) is 5.10 Å². The van der Waals surface area contributed by atoms with Crippen molar-refractivity contribution in [2.24, 2.45) is 0 Å². The summed E-state index contributed by atoms with van der Waals surface area (Å²) < 4.78 is 55.8. The number of sulfonamides is 1. The van der Waals surface area contributed by atoms with Crippen molar-refractivity contribution in [3.8, 4) is 16.8 Å². The largest absolute Gasteiger partial charge is 1.00 e. The molecule has 3 aromatic carbocycles. The second-order valence-electron chi connectivity index (χ2n) is 8.71. The first kappa shape index (κ1) is 29.5. The van der Waals surface area contributed by atoms with E-state index in [0.29, 0.717) is 23.2 Å². The molecular weight excluding hydrogens is 521 g/mol. The van der Waals surface area contributed by atoms with Gasteiger partial charge in [0.2, 0.25) is 0 Å². The zero-order valence-electron chi connectivity index (χ0n) is 21.5. The van der Waals surface area contributed by atoms with E-state index < -0.39 is 27.7 Å². The Morgan fingerprint density at radius 1 is 0.921 bits per heavy atom. The van der Waals surface area contributed by atoms with Gasteiger partial charge in [-0.25, -0.2) is 31.4 Å². The molecule has 192 valence electrons. The monoisotopic (exact) mass is 547 g/mol. The summed E-state index contributed by atoms with van der Waals surface area (Å²) in [5.41, 5.74) is 5.06. The number of hydrogen-bond donors (Lipinski definition) is 2. The van der Waals surface area contributed by atoms with E-state index in [0.717, 1.165) is 28.6 Å². The summed E-state index contributed by atoms with van der Waals surface area (Å²) in [5, 5.41) is 7.10. The Bertz CT molecular complexity index is 1530. The Morgan fingerprint density at radius 3 is 2.13 bits per heavy atom. The number of aryl methyl sites for hydroxylation is 2. The van der Waals surface area contributed by atoms with Gasteiger partial charge in [-0.05, 0) is 74.7 Å². The van der Waals surface area contributed by atoms with Crippen molar-refractivity contribution in [2.75, 3.05) is 6.54 Å². The molecule has 1 aromatic heterocycles. The number of rotatable bonds is 7. The number of nitrogens with zero attached hydrogens (tertiary/aromatic N) is 2. The molecule has 0 aliphatic carbocycles. The van der Waals surface area contributed by atoms with Crippen LogP contribution in [0.5, 0.6) is 0 Å². The normalized spacial score (nSPS) is 11.1. The van der Waals surface area contributed by atoms with Gasteiger partial charge in [0, 0.05) is 23.9 Å². The van der Waals surface area contributed by atoms with Crippen LogP contribution in [-0.2, 0) is 16.4 Å². The zero-order chi connectivity index (χ0) is 26.7. The first-order valence-corrected chi connectivity index (χ1v) is 13.0. The number of hydrogen-bond acceptors (Lipinski definition) is 4. The van der Waals surface area contributed by atoms with Crippen molar-refractivity contribution in [1.29, 1.82) is 0 Å². The number of amides is 2. The molecule has 0 saturated carbocycles. The molecule has 0 unspecified atom stereocenters. The van der Waals surface area contributed by atoms with E-state index in [4.69, 9.17) is 0 Å². The standard InChI is InChI=1S/C27H26F2N4O3S.Na/c1-17-4-10-25(11-5-17)37(35,36)32-27(34)30-13-12-20-6-8-24(9-7-20)33-19(3)26(18(2)31-33)21-14-22(28)16-23(29)15-21;/h4-11,14-16H,12-13H2,1-3H3,(H2,30,32,34);/q;+1. The number of urea groups is 1. The van der Waals surface area contributed by atoms with Gasteiger partial charge in [0.25, 0.3) is 10.0 Å². The summed E-state index contributed by atoms with van der Waals surface area (Å²) in [6.07, 6.45) is 0.475. The molecule has 0 aliphatic heterocycles. The van der Waals surface area contributed by atoms with Crippen LogP contribution in [0.4, 0.5) is 13.6 Å². The van der Waals surface area contributed by atoms with Crippen LogP contribution < -0.4 is 39.6 Å². The Balaban J connectivity index is 0.00000400. The third kappa shape index (κ3) is 6.87. The molecule has 4 aromatic rings. The summed E-state index contributed by atoms with van der Waals surface area (Å²) in [6, 6.07) is 16.2. The van der Waals surface area contributed by atoms with Gasteiger partial charge in [0.05, 0.1) is 16.3 Å². The molecule has 0 spiro atoms. The Labute approximate surface area is 242 Å². The number of nitrogens with one attached hydrogen (secondary N) is 2. The summed E-state index contributed by atoms with van der Waals surface area (Å²) in [5.74, 6) is -1.30. The van der Waals surface area contributed by atoms with Gasteiger partial charge in [-0.1, -0.05) is 29.8 Å². The number of carbonyl (C=O) groups is 1. The third-order valence-corrected chi connectivity index (χ3v) is 7.23. The Kier molecular flexibility index (Phi) is 9.48.